The molecule has 2 heterocycles. The summed E-state index contributed by atoms with van der Waals surface area (Å²) in [5.41, 5.74) is -0.415. The Balaban J connectivity index is 1.54. The number of pyridine rings is 1. The highest BCUT2D eigenvalue weighted by Crippen LogP contribution is 2.35. The van der Waals surface area contributed by atoms with Gasteiger partial charge in [0, 0.05) is 18.2 Å². The zero-order chi connectivity index (χ0) is 28.5. The molecule has 2 aromatic heterocycles. The highest BCUT2D eigenvalue weighted by atomic mass is 35.5. The standard InChI is InChI=1S/C26H22ClF4N5O2S/c1-25(2,3)24(38)33-12-13-4-6-16(27)15(10-13)23(37)35-19-8-9-32-20-21(19)39-36-22(20)34-18-7-5-14(11-17(18)28)26(29,30)31/h4-11H,12H2,1-3H3,(H,33,38)(H,34,36)(H,32,35,37). The van der Waals surface area contributed by atoms with Crippen LogP contribution in [0.1, 0.15) is 42.3 Å². The lowest BCUT2D eigenvalue weighted by Gasteiger charge is -2.18. The first-order valence-electron chi connectivity index (χ1n) is 11.5. The Labute approximate surface area is 229 Å². The number of nitrogens with zero attached hydrogens (tertiary/aromatic N) is 2. The molecule has 2 aromatic carbocycles. The fourth-order valence-electron chi connectivity index (χ4n) is 3.44. The first-order chi connectivity index (χ1) is 18.2. The molecule has 0 saturated heterocycles. The summed E-state index contributed by atoms with van der Waals surface area (Å²) in [5.74, 6) is -1.66. The van der Waals surface area contributed by atoms with Crippen LogP contribution in [0, 0.1) is 11.2 Å². The van der Waals surface area contributed by atoms with E-state index < -0.39 is 28.9 Å². The summed E-state index contributed by atoms with van der Waals surface area (Å²) >= 11 is 7.23. The zero-order valence-electron chi connectivity index (χ0n) is 20.8. The van der Waals surface area contributed by atoms with Gasteiger partial charge in [0.1, 0.15) is 11.3 Å². The number of carbonyl (C=O) groups is 2. The maximum Gasteiger partial charge on any atom is 0.416 e. The van der Waals surface area contributed by atoms with Crippen LogP contribution in [0.15, 0.2) is 48.7 Å². The molecule has 4 aromatic rings. The number of alkyl halides is 3. The molecule has 4 rings (SSSR count). The number of benzene rings is 2. The molecule has 2 amide bonds. The maximum atomic E-state index is 14.3. The van der Waals surface area contributed by atoms with Crippen LogP contribution in [0.2, 0.25) is 5.02 Å². The second-order valence-electron chi connectivity index (χ2n) is 9.59. The highest BCUT2D eigenvalue weighted by Gasteiger charge is 2.31. The van der Waals surface area contributed by atoms with Crippen LogP contribution in [-0.4, -0.2) is 21.2 Å². The van der Waals surface area contributed by atoms with E-state index in [4.69, 9.17) is 11.6 Å². The average Bonchev–Trinajstić information content (AvgIpc) is 3.27. The molecule has 0 radical (unpaired) electrons. The van der Waals surface area contributed by atoms with Crippen molar-refractivity contribution < 1.29 is 27.2 Å². The summed E-state index contributed by atoms with van der Waals surface area (Å²) in [6.07, 6.45) is -3.27. The number of amides is 2. The third kappa shape index (κ3) is 6.45. The van der Waals surface area contributed by atoms with Gasteiger partial charge in [0.2, 0.25) is 5.91 Å². The molecule has 0 saturated carbocycles. The van der Waals surface area contributed by atoms with Gasteiger partial charge in [-0.05, 0) is 53.5 Å². The molecular weight excluding hydrogens is 558 g/mol. The van der Waals surface area contributed by atoms with Crippen LogP contribution in [0.5, 0.6) is 0 Å². The lowest BCUT2D eigenvalue weighted by Crippen LogP contribution is -2.34. The average molecular weight is 580 g/mol. The van der Waals surface area contributed by atoms with Gasteiger partial charge in [0.15, 0.2) is 5.82 Å². The Bertz CT molecular complexity index is 1570. The maximum absolute atomic E-state index is 14.3. The SMILES string of the molecule is CC(C)(C)C(=O)NCc1ccc(Cl)c(C(=O)Nc2ccnc3c(Nc4ccc(C(F)(F)F)cc4F)nsc23)c1. The van der Waals surface area contributed by atoms with E-state index in [9.17, 15) is 27.2 Å². The molecule has 0 aliphatic carbocycles. The van der Waals surface area contributed by atoms with Crippen molar-refractivity contribution in [2.75, 3.05) is 10.6 Å². The minimum atomic E-state index is -4.68. The van der Waals surface area contributed by atoms with E-state index in [1.54, 1.807) is 45.0 Å². The van der Waals surface area contributed by atoms with Crippen LogP contribution in [0.4, 0.5) is 34.8 Å². The molecule has 39 heavy (non-hydrogen) atoms. The molecule has 204 valence electrons. The number of hydrogen-bond donors (Lipinski definition) is 3. The molecule has 0 aliphatic heterocycles. The summed E-state index contributed by atoms with van der Waals surface area (Å²) in [6, 6.07) is 8.49. The number of hydrogen-bond acceptors (Lipinski definition) is 6. The molecule has 0 atom stereocenters. The Morgan fingerprint density at radius 3 is 2.44 bits per heavy atom. The largest absolute Gasteiger partial charge is 0.416 e. The first-order valence-corrected chi connectivity index (χ1v) is 12.7. The Morgan fingerprint density at radius 1 is 1.03 bits per heavy atom. The lowest BCUT2D eigenvalue weighted by molar-refractivity contribution is -0.137. The molecule has 0 aliphatic rings. The van der Waals surface area contributed by atoms with Gasteiger partial charge in [-0.1, -0.05) is 38.4 Å². The van der Waals surface area contributed by atoms with Gasteiger partial charge in [-0.15, -0.1) is 0 Å². The summed E-state index contributed by atoms with van der Waals surface area (Å²) < 4.78 is 57.5. The van der Waals surface area contributed by atoms with Crippen LogP contribution < -0.4 is 16.0 Å². The molecule has 0 spiro atoms. The van der Waals surface area contributed by atoms with Gasteiger partial charge in [-0.25, -0.2) is 4.39 Å². The first kappa shape index (κ1) is 28.2. The Kier molecular flexibility index (Phi) is 7.80. The van der Waals surface area contributed by atoms with Crippen molar-refractivity contribution in [2.24, 2.45) is 5.41 Å². The summed E-state index contributed by atoms with van der Waals surface area (Å²) in [6.45, 7) is 5.58. The van der Waals surface area contributed by atoms with E-state index in [0.29, 0.717) is 22.0 Å². The van der Waals surface area contributed by atoms with E-state index in [-0.39, 0.29) is 40.1 Å². The normalized spacial score (nSPS) is 11.9. The van der Waals surface area contributed by atoms with Crippen molar-refractivity contribution in [2.45, 2.75) is 33.5 Å². The molecule has 0 unspecified atom stereocenters. The van der Waals surface area contributed by atoms with Crippen LogP contribution in [0.25, 0.3) is 10.2 Å². The molecular formula is C26H22ClF4N5O2S. The van der Waals surface area contributed by atoms with E-state index in [2.05, 4.69) is 25.3 Å². The Morgan fingerprint density at radius 2 is 1.77 bits per heavy atom. The zero-order valence-corrected chi connectivity index (χ0v) is 22.4. The second-order valence-corrected chi connectivity index (χ2v) is 10.8. The Hall–Kier alpha value is -3.77. The molecule has 7 nitrogen and oxygen atoms in total. The lowest BCUT2D eigenvalue weighted by atomic mass is 9.95. The predicted octanol–water partition coefficient (Wildman–Crippen LogP) is 7.16. The van der Waals surface area contributed by atoms with Gasteiger partial charge in [0.25, 0.3) is 5.91 Å². The van der Waals surface area contributed by atoms with Crippen molar-refractivity contribution in [3.8, 4) is 0 Å². The quantitative estimate of drug-likeness (QED) is 0.211. The predicted molar refractivity (Wildman–Crippen MR) is 143 cm³/mol. The van der Waals surface area contributed by atoms with E-state index in [0.717, 1.165) is 23.7 Å². The minimum Gasteiger partial charge on any atom is -0.352 e. The monoisotopic (exact) mass is 579 g/mol. The minimum absolute atomic E-state index is 0.111. The van der Waals surface area contributed by atoms with Crippen LogP contribution in [0.3, 0.4) is 0 Å². The molecule has 0 fully saturated rings. The third-order valence-electron chi connectivity index (χ3n) is 5.56. The number of carbonyl (C=O) groups excluding carboxylic acids is 2. The smallest absolute Gasteiger partial charge is 0.352 e. The van der Waals surface area contributed by atoms with Gasteiger partial charge < -0.3 is 16.0 Å². The fourth-order valence-corrected chi connectivity index (χ4v) is 4.41. The van der Waals surface area contributed by atoms with Crippen molar-refractivity contribution in [1.29, 1.82) is 0 Å². The number of nitrogens with one attached hydrogen (secondary N) is 3. The number of halogens is 5. The number of fused-ring (bicyclic) bond motifs is 1. The van der Waals surface area contributed by atoms with Gasteiger partial charge >= 0.3 is 6.18 Å². The van der Waals surface area contributed by atoms with Crippen LogP contribution >= 0.6 is 23.1 Å². The number of anilines is 3. The number of rotatable bonds is 6. The van der Waals surface area contributed by atoms with Crippen molar-refractivity contribution in [3.05, 3.63) is 76.2 Å². The fraction of sp³-hybridized carbons (Fsp3) is 0.231. The molecule has 3 N–H and O–H groups in total. The second kappa shape index (κ2) is 10.8. The van der Waals surface area contributed by atoms with E-state index in [1.807, 2.05) is 0 Å². The summed E-state index contributed by atoms with van der Waals surface area (Å²) in [5, 5.41) is 8.45. The summed E-state index contributed by atoms with van der Waals surface area (Å²) in [4.78, 5) is 29.5. The topological polar surface area (TPSA) is 96.0 Å². The van der Waals surface area contributed by atoms with E-state index in [1.165, 1.54) is 6.20 Å². The molecule has 13 heteroatoms. The molecule has 0 bridgehead atoms. The van der Waals surface area contributed by atoms with Gasteiger partial charge in [-0.2, -0.15) is 17.5 Å². The van der Waals surface area contributed by atoms with Crippen molar-refractivity contribution >= 4 is 62.4 Å². The van der Waals surface area contributed by atoms with Gasteiger partial charge in [0.05, 0.1) is 32.2 Å². The van der Waals surface area contributed by atoms with Crippen LogP contribution in [-0.2, 0) is 17.5 Å². The van der Waals surface area contributed by atoms with E-state index >= 15 is 0 Å². The summed E-state index contributed by atoms with van der Waals surface area (Å²) in [7, 11) is 0. The number of aromatic nitrogens is 2. The van der Waals surface area contributed by atoms with Crippen molar-refractivity contribution in [1.82, 2.24) is 14.7 Å². The van der Waals surface area contributed by atoms with Gasteiger partial charge in [-0.3, -0.25) is 14.6 Å². The highest BCUT2D eigenvalue weighted by molar-refractivity contribution is 7.14. The van der Waals surface area contributed by atoms with Crippen molar-refractivity contribution in [3.63, 3.8) is 0 Å². The third-order valence-corrected chi connectivity index (χ3v) is 6.76.